The predicted molar refractivity (Wildman–Crippen MR) is 147 cm³/mol. The van der Waals surface area contributed by atoms with Crippen molar-refractivity contribution in [1.29, 1.82) is 5.26 Å². The Kier molecular flexibility index (Phi) is 6.23. The molecule has 1 saturated carbocycles. The van der Waals surface area contributed by atoms with Gasteiger partial charge in [0.25, 0.3) is 0 Å². The van der Waals surface area contributed by atoms with Crippen LogP contribution in [-0.4, -0.2) is 102 Å². The van der Waals surface area contributed by atoms with E-state index in [-0.39, 0.29) is 42.5 Å². The molecule has 3 aliphatic heterocycles. The lowest BCUT2D eigenvalue weighted by Gasteiger charge is -2.39. The molecule has 4 fully saturated rings. The highest BCUT2D eigenvalue weighted by atomic mass is 16.6. The first kappa shape index (κ1) is 26.8. The molecule has 1 aromatic heterocycles. The lowest BCUT2D eigenvalue weighted by Crippen LogP contribution is -2.59. The zero-order valence-electron chi connectivity index (χ0n) is 24.0. The molecule has 2 bridgehead atoms. The van der Waals surface area contributed by atoms with E-state index in [1.54, 1.807) is 25.7 Å². The van der Waals surface area contributed by atoms with Crippen LogP contribution >= 0.6 is 0 Å². The largest absolute Gasteiger partial charge is 0.444 e. The number of piperazine rings is 1. The van der Waals surface area contributed by atoms with Gasteiger partial charge in [-0.1, -0.05) is 12.1 Å². The summed E-state index contributed by atoms with van der Waals surface area (Å²) in [5, 5.41) is 26.8. The number of benzene rings is 1. The molecule has 0 radical (unpaired) electrons. The third-order valence-corrected chi connectivity index (χ3v) is 9.36. The first-order valence-electron chi connectivity index (χ1n) is 14.8. The van der Waals surface area contributed by atoms with Gasteiger partial charge in [-0.25, -0.2) is 4.79 Å². The summed E-state index contributed by atoms with van der Waals surface area (Å²) < 4.78 is 5.48. The fourth-order valence-electron chi connectivity index (χ4n) is 7.55. The minimum atomic E-state index is -0.911. The zero-order valence-corrected chi connectivity index (χ0v) is 24.0. The van der Waals surface area contributed by atoms with Gasteiger partial charge in [0.1, 0.15) is 17.7 Å². The molecule has 2 N–H and O–H groups in total. The van der Waals surface area contributed by atoms with E-state index >= 15 is 0 Å². The van der Waals surface area contributed by atoms with Gasteiger partial charge in [-0.3, -0.25) is 14.5 Å². The Hall–Kier alpha value is -4.05. The monoisotopic (exact) mass is 573 g/mol. The number of rotatable bonds is 6. The number of amides is 3. The van der Waals surface area contributed by atoms with Gasteiger partial charge in [0, 0.05) is 30.7 Å². The van der Waals surface area contributed by atoms with Gasteiger partial charge < -0.3 is 19.9 Å². The number of piperidine rings is 1. The fourth-order valence-corrected chi connectivity index (χ4v) is 7.55. The standard InChI is InChI=1S/C29H35N9O4/c1-29(2,3)42-28(41)31-21(26(39)37-18(12-30)9-17-10-23(17)37)14-36-13-19-11-24(36)27(40)38(19)22-7-5-15-8-16(4-6-20(15)22)25-32-34-35-33-25/h4,6,8,17-19,21-24H,5,7,9-11,13-14H2,1-3H3,(H,31,41)(H,32,33,34,35)/t17-,18+,19-,21+,22+,23+,24-/m1/s1. The summed E-state index contributed by atoms with van der Waals surface area (Å²) in [5.74, 6) is 0.695. The van der Waals surface area contributed by atoms with Gasteiger partial charge in [-0.2, -0.15) is 10.5 Å². The van der Waals surface area contributed by atoms with Crippen molar-refractivity contribution in [2.45, 2.75) is 94.7 Å². The molecule has 0 spiro atoms. The fraction of sp³-hybridized carbons (Fsp3) is 0.621. The number of nitrogens with one attached hydrogen (secondary N) is 2. The van der Waals surface area contributed by atoms with Crippen molar-refractivity contribution in [1.82, 2.24) is 40.6 Å². The SMILES string of the molecule is CC(C)(C)OC(=O)N[C@@H](CN1C[C@H]2C[C@@H]1C(=O)N2[C@H]1CCc2cc(-c3nn[nH]n3)ccc21)C(=O)N1[C@H](C#N)C[C@@H]2C[C@@H]21. The summed E-state index contributed by atoms with van der Waals surface area (Å²) in [6, 6.07) is 6.73. The highest BCUT2D eigenvalue weighted by molar-refractivity contribution is 5.89. The number of H-pyrrole nitrogens is 1. The first-order valence-corrected chi connectivity index (χ1v) is 14.8. The third-order valence-electron chi connectivity index (χ3n) is 9.36. The highest BCUT2D eigenvalue weighted by Crippen LogP contribution is 2.48. The second kappa shape index (κ2) is 9.76. The maximum absolute atomic E-state index is 13.8. The topological polar surface area (TPSA) is 160 Å². The van der Waals surface area contributed by atoms with Crippen LogP contribution in [0, 0.1) is 17.2 Å². The predicted octanol–water partition coefficient (Wildman–Crippen LogP) is 1.55. The second-order valence-corrected chi connectivity index (χ2v) is 13.2. The Morgan fingerprint density at radius 1 is 1.24 bits per heavy atom. The summed E-state index contributed by atoms with van der Waals surface area (Å²) in [6.45, 7) is 6.12. The van der Waals surface area contributed by atoms with Crippen LogP contribution in [0.2, 0.25) is 0 Å². The number of aromatic nitrogens is 4. The third kappa shape index (κ3) is 4.58. The minimum absolute atomic E-state index is 0.00840. The Morgan fingerprint density at radius 2 is 2.07 bits per heavy atom. The van der Waals surface area contributed by atoms with Crippen molar-refractivity contribution in [3.8, 4) is 17.5 Å². The number of hydrogen-bond acceptors (Lipinski definition) is 9. The summed E-state index contributed by atoms with van der Waals surface area (Å²) in [7, 11) is 0. The number of nitrogens with zero attached hydrogens (tertiary/aromatic N) is 7. The molecule has 7 rings (SSSR count). The maximum Gasteiger partial charge on any atom is 0.408 e. The quantitative estimate of drug-likeness (QED) is 0.522. The van der Waals surface area contributed by atoms with Crippen LogP contribution in [0.1, 0.15) is 63.6 Å². The molecule has 13 nitrogen and oxygen atoms in total. The van der Waals surface area contributed by atoms with E-state index in [9.17, 15) is 19.6 Å². The van der Waals surface area contributed by atoms with Gasteiger partial charge in [-0.05, 0) is 81.2 Å². The Bertz CT molecular complexity index is 1460. The molecule has 1 aromatic carbocycles. The zero-order chi connectivity index (χ0) is 29.3. The van der Waals surface area contributed by atoms with E-state index in [0.29, 0.717) is 31.1 Å². The van der Waals surface area contributed by atoms with Crippen LogP contribution in [0.3, 0.4) is 0 Å². The minimum Gasteiger partial charge on any atom is -0.444 e. The number of alkyl carbamates (subject to hydrolysis) is 1. The number of carbonyl (C=O) groups is 3. The number of tetrazole rings is 1. The van der Waals surface area contributed by atoms with Crippen molar-refractivity contribution in [3.63, 3.8) is 0 Å². The van der Waals surface area contributed by atoms with Crippen LogP contribution < -0.4 is 5.32 Å². The molecule has 5 aliphatic rings. The van der Waals surface area contributed by atoms with E-state index in [2.05, 4.69) is 44.1 Å². The average Bonchev–Trinajstić information content (AvgIpc) is 3.51. The first-order chi connectivity index (χ1) is 20.1. The number of carbonyl (C=O) groups excluding carboxylic acids is 3. The number of hydrogen-bond donors (Lipinski definition) is 2. The van der Waals surface area contributed by atoms with E-state index in [1.165, 1.54) is 5.56 Å². The molecule has 0 unspecified atom stereocenters. The molecule has 42 heavy (non-hydrogen) atoms. The number of aryl methyl sites for hydroxylation is 1. The van der Waals surface area contributed by atoms with Crippen LogP contribution in [0.25, 0.3) is 11.4 Å². The van der Waals surface area contributed by atoms with Crippen molar-refractivity contribution in [3.05, 3.63) is 29.3 Å². The number of fused-ring (bicyclic) bond motifs is 4. The van der Waals surface area contributed by atoms with Crippen molar-refractivity contribution < 1.29 is 19.1 Å². The van der Waals surface area contributed by atoms with Crippen molar-refractivity contribution >= 4 is 17.9 Å². The van der Waals surface area contributed by atoms with Crippen molar-refractivity contribution in [2.24, 2.45) is 5.92 Å². The van der Waals surface area contributed by atoms with Crippen LogP contribution in [0.5, 0.6) is 0 Å². The van der Waals surface area contributed by atoms with E-state index in [0.717, 1.165) is 30.4 Å². The molecule has 3 amide bonds. The van der Waals surface area contributed by atoms with Crippen LogP contribution in [-0.2, 0) is 20.7 Å². The lowest BCUT2D eigenvalue weighted by molar-refractivity contribution is -0.141. The van der Waals surface area contributed by atoms with Gasteiger partial charge >= 0.3 is 6.09 Å². The molecule has 2 aliphatic carbocycles. The highest BCUT2D eigenvalue weighted by Gasteiger charge is 2.57. The Morgan fingerprint density at radius 3 is 2.79 bits per heavy atom. The lowest BCUT2D eigenvalue weighted by atomic mass is 10.0. The molecule has 7 atom stereocenters. The Labute approximate surface area is 243 Å². The summed E-state index contributed by atoms with van der Waals surface area (Å²) >= 11 is 0. The van der Waals surface area contributed by atoms with Gasteiger partial charge in [-0.15, -0.1) is 10.2 Å². The molecule has 13 heteroatoms. The number of aromatic amines is 1. The average molecular weight is 574 g/mol. The molecular formula is C29H35N9O4. The van der Waals surface area contributed by atoms with Crippen LogP contribution in [0.4, 0.5) is 4.79 Å². The molecule has 3 saturated heterocycles. The smallest absolute Gasteiger partial charge is 0.408 e. The van der Waals surface area contributed by atoms with Crippen molar-refractivity contribution in [2.75, 3.05) is 13.1 Å². The second-order valence-electron chi connectivity index (χ2n) is 13.2. The molecule has 220 valence electrons. The van der Waals surface area contributed by atoms with E-state index < -0.39 is 23.8 Å². The summed E-state index contributed by atoms with van der Waals surface area (Å²) in [5.41, 5.74) is 2.52. The Balaban J connectivity index is 1.07. The number of ether oxygens (including phenoxy) is 1. The number of likely N-dealkylation sites (tertiary alicyclic amines) is 3. The van der Waals surface area contributed by atoms with E-state index in [4.69, 9.17) is 4.74 Å². The summed E-state index contributed by atoms with van der Waals surface area (Å²) in [4.78, 5) is 46.1. The van der Waals surface area contributed by atoms with Gasteiger partial charge in [0.2, 0.25) is 17.6 Å². The number of nitriles is 1. The maximum atomic E-state index is 13.8. The molecular weight excluding hydrogens is 538 g/mol. The summed E-state index contributed by atoms with van der Waals surface area (Å²) in [6.07, 6.45) is 3.30. The van der Waals surface area contributed by atoms with Gasteiger partial charge in [0.15, 0.2) is 0 Å². The molecule has 2 aromatic rings. The van der Waals surface area contributed by atoms with Crippen LogP contribution in [0.15, 0.2) is 18.2 Å². The normalized spacial score (nSPS) is 30.2. The molecule has 4 heterocycles. The van der Waals surface area contributed by atoms with Gasteiger partial charge in [0.05, 0.1) is 18.2 Å². The van der Waals surface area contributed by atoms with E-state index in [1.807, 2.05) is 15.9 Å².